The van der Waals surface area contributed by atoms with Crippen LogP contribution in [0.2, 0.25) is 0 Å². The molecule has 0 aliphatic heterocycles. The van der Waals surface area contributed by atoms with Crippen LogP contribution in [0.15, 0.2) is 59.5 Å². The van der Waals surface area contributed by atoms with Gasteiger partial charge in [-0.05, 0) is 33.7 Å². The molecule has 19 heavy (non-hydrogen) atoms. The van der Waals surface area contributed by atoms with Crippen molar-refractivity contribution in [1.82, 2.24) is 0 Å². The standard InChI is InChI=1S/C14H10O3S.Na/c15-18(16,17)12-8-7-11-6-5-10-3-1-2-4-13(10)14(11)9-12;/h1-9H,(H,15,16,17);. The van der Waals surface area contributed by atoms with E-state index in [9.17, 15) is 8.42 Å². The topological polar surface area (TPSA) is 54.4 Å². The fourth-order valence-electron chi connectivity index (χ4n) is 2.14. The van der Waals surface area contributed by atoms with E-state index in [2.05, 4.69) is 0 Å². The van der Waals surface area contributed by atoms with Gasteiger partial charge in [0, 0.05) is 29.6 Å². The molecule has 0 atom stereocenters. The van der Waals surface area contributed by atoms with Gasteiger partial charge in [0.1, 0.15) is 0 Å². The minimum Gasteiger partial charge on any atom is -0.282 e. The van der Waals surface area contributed by atoms with Gasteiger partial charge in [-0.15, -0.1) is 0 Å². The van der Waals surface area contributed by atoms with Crippen LogP contribution in [0.1, 0.15) is 0 Å². The summed E-state index contributed by atoms with van der Waals surface area (Å²) < 4.78 is 31.4. The van der Waals surface area contributed by atoms with E-state index in [1.165, 1.54) is 12.1 Å². The summed E-state index contributed by atoms with van der Waals surface area (Å²) in [6.45, 7) is 0. The molecular weight excluding hydrogens is 271 g/mol. The molecule has 3 nitrogen and oxygen atoms in total. The molecule has 0 aliphatic carbocycles. The first-order chi connectivity index (χ1) is 8.55. The van der Waals surface area contributed by atoms with Crippen molar-refractivity contribution in [2.45, 2.75) is 4.90 Å². The Morgan fingerprint density at radius 2 is 1.37 bits per heavy atom. The first-order valence-corrected chi connectivity index (χ1v) is 6.89. The van der Waals surface area contributed by atoms with Crippen molar-refractivity contribution in [3.8, 4) is 0 Å². The van der Waals surface area contributed by atoms with E-state index in [0.29, 0.717) is 0 Å². The Bertz CT molecular complexity index is 857. The molecule has 0 unspecified atom stereocenters. The molecule has 0 fully saturated rings. The second-order valence-corrected chi connectivity index (χ2v) is 5.57. The molecular formula is C14H10NaO3S. The van der Waals surface area contributed by atoms with Gasteiger partial charge in [0.15, 0.2) is 0 Å². The number of hydrogen-bond acceptors (Lipinski definition) is 2. The maximum atomic E-state index is 11.2. The van der Waals surface area contributed by atoms with E-state index in [1.807, 2.05) is 36.4 Å². The van der Waals surface area contributed by atoms with Gasteiger partial charge in [-0.2, -0.15) is 8.42 Å². The zero-order chi connectivity index (χ0) is 12.8. The predicted molar refractivity (Wildman–Crippen MR) is 77.0 cm³/mol. The number of hydrogen-bond donors (Lipinski definition) is 1. The molecule has 1 radical (unpaired) electrons. The number of fused-ring (bicyclic) bond motifs is 3. The average molecular weight is 281 g/mol. The first-order valence-electron chi connectivity index (χ1n) is 5.45. The summed E-state index contributed by atoms with van der Waals surface area (Å²) in [5.74, 6) is 0. The molecule has 3 aromatic carbocycles. The third-order valence-electron chi connectivity index (χ3n) is 3.02. The Hall–Kier alpha value is -0.910. The van der Waals surface area contributed by atoms with Crippen LogP contribution in [0.5, 0.6) is 0 Å². The number of benzene rings is 3. The van der Waals surface area contributed by atoms with Crippen molar-refractivity contribution in [1.29, 1.82) is 0 Å². The normalized spacial score (nSPS) is 11.4. The largest absolute Gasteiger partial charge is 0.294 e. The number of rotatable bonds is 1. The van der Waals surface area contributed by atoms with Crippen molar-refractivity contribution >= 4 is 61.2 Å². The molecule has 5 heteroatoms. The molecule has 0 aromatic heterocycles. The second-order valence-electron chi connectivity index (χ2n) is 4.14. The Morgan fingerprint density at radius 1 is 0.789 bits per heavy atom. The van der Waals surface area contributed by atoms with Gasteiger partial charge in [-0.1, -0.05) is 42.5 Å². The Kier molecular flexibility index (Phi) is 3.99. The van der Waals surface area contributed by atoms with Crippen molar-refractivity contribution in [2.24, 2.45) is 0 Å². The van der Waals surface area contributed by atoms with Gasteiger partial charge in [-0.25, -0.2) is 0 Å². The first kappa shape index (κ1) is 14.5. The van der Waals surface area contributed by atoms with E-state index >= 15 is 0 Å². The summed E-state index contributed by atoms with van der Waals surface area (Å²) in [6, 6.07) is 16.3. The van der Waals surface area contributed by atoms with Crippen molar-refractivity contribution in [2.75, 3.05) is 0 Å². The van der Waals surface area contributed by atoms with Gasteiger partial charge in [0.05, 0.1) is 4.90 Å². The van der Waals surface area contributed by atoms with E-state index in [4.69, 9.17) is 4.55 Å². The van der Waals surface area contributed by atoms with E-state index < -0.39 is 10.1 Å². The molecule has 0 saturated heterocycles. The Balaban J connectivity index is 0.00000133. The van der Waals surface area contributed by atoms with Crippen LogP contribution in [0.3, 0.4) is 0 Å². The van der Waals surface area contributed by atoms with Crippen LogP contribution in [0.25, 0.3) is 21.5 Å². The molecule has 0 heterocycles. The predicted octanol–water partition coefficient (Wildman–Crippen LogP) is 2.86. The smallest absolute Gasteiger partial charge is 0.282 e. The molecule has 3 rings (SSSR count). The fourth-order valence-corrected chi connectivity index (χ4v) is 2.65. The molecule has 0 aliphatic rings. The third kappa shape index (κ3) is 2.68. The van der Waals surface area contributed by atoms with Crippen LogP contribution in [0, 0.1) is 0 Å². The van der Waals surface area contributed by atoms with E-state index in [-0.39, 0.29) is 34.5 Å². The van der Waals surface area contributed by atoms with Gasteiger partial charge < -0.3 is 0 Å². The van der Waals surface area contributed by atoms with Crippen LogP contribution in [-0.2, 0) is 10.1 Å². The summed E-state index contributed by atoms with van der Waals surface area (Å²) in [5.41, 5.74) is 0. The zero-order valence-electron chi connectivity index (χ0n) is 10.4. The monoisotopic (exact) mass is 281 g/mol. The molecule has 91 valence electrons. The summed E-state index contributed by atoms with van der Waals surface area (Å²) >= 11 is 0. The van der Waals surface area contributed by atoms with Gasteiger partial charge in [0.25, 0.3) is 10.1 Å². The fraction of sp³-hybridized carbons (Fsp3) is 0. The Morgan fingerprint density at radius 3 is 2.05 bits per heavy atom. The summed E-state index contributed by atoms with van der Waals surface area (Å²) in [4.78, 5) is -0.0775. The maximum absolute atomic E-state index is 11.2. The Labute approximate surface area is 133 Å². The summed E-state index contributed by atoms with van der Waals surface area (Å²) in [6.07, 6.45) is 0. The molecule has 0 saturated carbocycles. The minimum absolute atomic E-state index is 0. The molecule has 1 N–H and O–H groups in total. The summed E-state index contributed by atoms with van der Waals surface area (Å²) in [5, 5.41) is 3.78. The second kappa shape index (κ2) is 5.23. The zero-order valence-corrected chi connectivity index (χ0v) is 13.2. The van der Waals surface area contributed by atoms with E-state index in [0.717, 1.165) is 21.5 Å². The molecule has 0 amide bonds. The average Bonchev–Trinajstić information content (AvgIpc) is 2.37. The van der Waals surface area contributed by atoms with Gasteiger partial charge >= 0.3 is 0 Å². The molecule has 0 bridgehead atoms. The molecule has 0 spiro atoms. The van der Waals surface area contributed by atoms with Gasteiger partial charge in [0.2, 0.25) is 0 Å². The SMILES string of the molecule is O=S(=O)(O)c1ccc2ccc3ccccc3c2c1.[Na]. The van der Waals surface area contributed by atoms with E-state index in [1.54, 1.807) is 6.07 Å². The van der Waals surface area contributed by atoms with Crippen molar-refractivity contribution in [3.05, 3.63) is 54.6 Å². The molecule has 3 aromatic rings. The van der Waals surface area contributed by atoms with Gasteiger partial charge in [-0.3, -0.25) is 4.55 Å². The quantitative estimate of drug-likeness (QED) is 0.424. The van der Waals surface area contributed by atoms with Crippen molar-refractivity contribution in [3.63, 3.8) is 0 Å². The van der Waals surface area contributed by atoms with Crippen LogP contribution in [-0.4, -0.2) is 42.5 Å². The third-order valence-corrected chi connectivity index (χ3v) is 3.87. The van der Waals surface area contributed by atoms with Crippen LogP contribution in [0.4, 0.5) is 0 Å². The van der Waals surface area contributed by atoms with Crippen molar-refractivity contribution < 1.29 is 13.0 Å². The van der Waals surface area contributed by atoms with Crippen LogP contribution < -0.4 is 0 Å². The summed E-state index contributed by atoms with van der Waals surface area (Å²) in [7, 11) is -4.16. The minimum atomic E-state index is -4.16. The van der Waals surface area contributed by atoms with Crippen LogP contribution >= 0.6 is 0 Å². The maximum Gasteiger partial charge on any atom is 0.294 e.